The number of carbonyl (C=O) groups excluding carboxylic acids is 1. The lowest BCUT2D eigenvalue weighted by Gasteiger charge is -2.27. The van der Waals surface area contributed by atoms with Crippen molar-refractivity contribution in [1.29, 1.82) is 0 Å². The predicted octanol–water partition coefficient (Wildman–Crippen LogP) is 2.12. The van der Waals surface area contributed by atoms with E-state index in [1.807, 2.05) is 44.2 Å². The number of carbonyl (C=O) groups is 1. The zero-order valence-electron chi connectivity index (χ0n) is 12.6. The Morgan fingerprint density at radius 1 is 1.35 bits per heavy atom. The van der Waals surface area contributed by atoms with Gasteiger partial charge in [0.1, 0.15) is 0 Å². The van der Waals surface area contributed by atoms with E-state index in [2.05, 4.69) is 5.32 Å². The number of hydrogen-bond acceptors (Lipinski definition) is 3. The van der Waals surface area contributed by atoms with E-state index in [-0.39, 0.29) is 18.4 Å². The fourth-order valence-corrected chi connectivity index (χ4v) is 1.50. The maximum Gasteiger partial charge on any atom is 0.222 e. The van der Waals surface area contributed by atoms with Crippen LogP contribution in [0.2, 0.25) is 0 Å². The van der Waals surface area contributed by atoms with Crippen molar-refractivity contribution >= 4 is 5.91 Å². The summed E-state index contributed by atoms with van der Waals surface area (Å²) in [4.78, 5) is 11.6. The highest BCUT2D eigenvalue weighted by Gasteiger charge is 2.25. The maximum absolute atomic E-state index is 11.6. The van der Waals surface area contributed by atoms with Gasteiger partial charge in [-0.1, -0.05) is 44.2 Å². The Hall–Kier alpha value is -1.39. The topological polar surface area (TPSA) is 58.6 Å². The average Bonchev–Trinajstić information content (AvgIpc) is 2.42. The molecule has 112 valence electrons. The third-order valence-electron chi connectivity index (χ3n) is 3.47. The quantitative estimate of drug-likeness (QED) is 0.717. The van der Waals surface area contributed by atoms with Crippen LogP contribution in [0.4, 0.5) is 0 Å². The van der Waals surface area contributed by atoms with E-state index in [1.165, 1.54) is 0 Å². The Bertz CT molecular complexity index is 401. The van der Waals surface area contributed by atoms with Crippen LogP contribution < -0.4 is 5.32 Å². The van der Waals surface area contributed by atoms with Crippen molar-refractivity contribution in [1.82, 2.24) is 5.32 Å². The molecule has 20 heavy (non-hydrogen) atoms. The number of hydrogen-bond donors (Lipinski definition) is 2. The average molecular weight is 279 g/mol. The Morgan fingerprint density at radius 3 is 2.60 bits per heavy atom. The lowest BCUT2D eigenvalue weighted by molar-refractivity contribution is -0.123. The van der Waals surface area contributed by atoms with Gasteiger partial charge in [-0.25, -0.2) is 0 Å². The molecule has 1 unspecified atom stereocenters. The summed E-state index contributed by atoms with van der Waals surface area (Å²) in [5, 5.41) is 12.7. The van der Waals surface area contributed by atoms with E-state index in [4.69, 9.17) is 4.74 Å². The largest absolute Gasteiger partial charge is 0.388 e. The zero-order chi connectivity index (χ0) is 15.0. The lowest BCUT2D eigenvalue weighted by Crippen LogP contribution is -2.44. The normalized spacial score (nSPS) is 14.1. The van der Waals surface area contributed by atoms with Crippen LogP contribution >= 0.6 is 0 Å². The van der Waals surface area contributed by atoms with Crippen LogP contribution in [0.3, 0.4) is 0 Å². The molecule has 0 heterocycles. The predicted molar refractivity (Wildman–Crippen MR) is 79.2 cm³/mol. The standard InChI is InChI=1S/C16H25NO3/c1-13(2)16(3,19)12-17-15(18)9-10-20-11-14-7-5-4-6-8-14/h4-8,13,19H,9-12H2,1-3H3,(H,17,18). The summed E-state index contributed by atoms with van der Waals surface area (Å²) in [6.07, 6.45) is 0.307. The molecule has 0 aliphatic heterocycles. The van der Waals surface area contributed by atoms with E-state index in [0.717, 1.165) is 5.56 Å². The fourth-order valence-electron chi connectivity index (χ4n) is 1.50. The van der Waals surface area contributed by atoms with Gasteiger partial charge in [0.15, 0.2) is 0 Å². The second kappa shape index (κ2) is 8.02. The van der Waals surface area contributed by atoms with E-state index in [1.54, 1.807) is 6.92 Å². The molecule has 0 radical (unpaired) electrons. The molecule has 0 fully saturated rings. The van der Waals surface area contributed by atoms with Crippen LogP contribution in [-0.2, 0) is 16.1 Å². The molecule has 2 N–H and O–H groups in total. The van der Waals surface area contributed by atoms with Crippen molar-refractivity contribution in [3.8, 4) is 0 Å². The van der Waals surface area contributed by atoms with Crippen LogP contribution in [0, 0.1) is 5.92 Å². The highest BCUT2D eigenvalue weighted by Crippen LogP contribution is 2.14. The van der Waals surface area contributed by atoms with Crippen LogP contribution in [0.5, 0.6) is 0 Å². The Balaban J connectivity index is 2.15. The minimum absolute atomic E-state index is 0.0946. The van der Waals surface area contributed by atoms with Crippen molar-refractivity contribution in [2.75, 3.05) is 13.2 Å². The van der Waals surface area contributed by atoms with Gasteiger partial charge in [0, 0.05) is 13.0 Å². The molecule has 0 saturated heterocycles. The van der Waals surface area contributed by atoms with Gasteiger partial charge in [0.2, 0.25) is 5.91 Å². The SMILES string of the molecule is CC(C)C(C)(O)CNC(=O)CCOCc1ccccc1. The van der Waals surface area contributed by atoms with Crippen molar-refractivity contribution in [3.63, 3.8) is 0 Å². The molecule has 0 saturated carbocycles. The van der Waals surface area contributed by atoms with E-state index in [0.29, 0.717) is 19.6 Å². The monoisotopic (exact) mass is 279 g/mol. The molecular weight excluding hydrogens is 254 g/mol. The number of benzene rings is 1. The lowest BCUT2D eigenvalue weighted by atomic mass is 9.92. The second-order valence-electron chi connectivity index (χ2n) is 5.58. The fraction of sp³-hybridized carbons (Fsp3) is 0.562. The van der Waals surface area contributed by atoms with Crippen molar-refractivity contribution in [3.05, 3.63) is 35.9 Å². The number of nitrogens with one attached hydrogen (secondary N) is 1. The third kappa shape index (κ3) is 6.17. The molecular formula is C16H25NO3. The summed E-state index contributed by atoms with van der Waals surface area (Å²) < 4.78 is 5.45. The molecule has 0 aliphatic rings. The highest BCUT2D eigenvalue weighted by atomic mass is 16.5. The molecule has 0 spiro atoms. The molecule has 0 bridgehead atoms. The Morgan fingerprint density at radius 2 is 2.00 bits per heavy atom. The van der Waals surface area contributed by atoms with Gasteiger partial charge in [-0.05, 0) is 18.4 Å². The smallest absolute Gasteiger partial charge is 0.222 e. The molecule has 1 rings (SSSR count). The first-order valence-corrected chi connectivity index (χ1v) is 7.02. The number of rotatable bonds is 8. The van der Waals surface area contributed by atoms with Crippen LogP contribution in [0.25, 0.3) is 0 Å². The summed E-state index contributed by atoms with van der Waals surface area (Å²) in [6, 6.07) is 9.84. The first-order chi connectivity index (χ1) is 9.42. The minimum Gasteiger partial charge on any atom is -0.388 e. The van der Waals surface area contributed by atoms with Gasteiger partial charge in [0.25, 0.3) is 0 Å². The van der Waals surface area contributed by atoms with Gasteiger partial charge in [-0.15, -0.1) is 0 Å². The zero-order valence-corrected chi connectivity index (χ0v) is 12.6. The van der Waals surface area contributed by atoms with Gasteiger partial charge in [0.05, 0.1) is 18.8 Å². The Kier molecular flexibility index (Phi) is 6.68. The first-order valence-electron chi connectivity index (χ1n) is 7.02. The molecule has 0 aromatic heterocycles. The van der Waals surface area contributed by atoms with E-state index >= 15 is 0 Å². The van der Waals surface area contributed by atoms with Crippen molar-refractivity contribution in [2.24, 2.45) is 5.92 Å². The summed E-state index contributed by atoms with van der Waals surface area (Å²) in [5.41, 5.74) is 0.219. The third-order valence-corrected chi connectivity index (χ3v) is 3.47. The molecule has 4 nitrogen and oxygen atoms in total. The highest BCUT2D eigenvalue weighted by molar-refractivity contribution is 5.76. The number of amides is 1. The summed E-state index contributed by atoms with van der Waals surface area (Å²) in [7, 11) is 0. The summed E-state index contributed by atoms with van der Waals surface area (Å²) in [5.74, 6) is -0.00360. The molecule has 4 heteroatoms. The van der Waals surface area contributed by atoms with E-state index in [9.17, 15) is 9.90 Å². The van der Waals surface area contributed by atoms with Gasteiger partial charge in [-0.3, -0.25) is 4.79 Å². The molecule has 1 aromatic rings. The maximum atomic E-state index is 11.6. The molecule has 0 aliphatic carbocycles. The summed E-state index contributed by atoms with van der Waals surface area (Å²) >= 11 is 0. The first kappa shape index (κ1) is 16.7. The minimum atomic E-state index is -0.874. The molecule has 1 amide bonds. The molecule has 1 aromatic carbocycles. The van der Waals surface area contributed by atoms with Gasteiger partial charge < -0.3 is 15.2 Å². The van der Waals surface area contributed by atoms with Crippen molar-refractivity contribution < 1.29 is 14.6 Å². The number of ether oxygens (including phenoxy) is 1. The van der Waals surface area contributed by atoms with Crippen LogP contribution in [-0.4, -0.2) is 29.8 Å². The van der Waals surface area contributed by atoms with Crippen molar-refractivity contribution in [2.45, 2.75) is 39.4 Å². The second-order valence-corrected chi connectivity index (χ2v) is 5.58. The number of aliphatic hydroxyl groups is 1. The Labute approximate surface area is 121 Å². The molecule has 1 atom stereocenters. The van der Waals surface area contributed by atoms with Gasteiger partial charge >= 0.3 is 0 Å². The van der Waals surface area contributed by atoms with Crippen LogP contribution in [0.15, 0.2) is 30.3 Å². The van der Waals surface area contributed by atoms with E-state index < -0.39 is 5.60 Å². The van der Waals surface area contributed by atoms with Crippen LogP contribution in [0.1, 0.15) is 32.8 Å². The van der Waals surface area contributed by atoms with Gasteiger partial charge in [-0.2, -0.15) is 0 Å². The summed E-state index contributed by atoms with van der Waals surface area (Å²) in [6.45, 7) is 6.73.